The predicted octanol–water partition coefficient (Wildman–Crippen LogP) is 5.27. The van der Waals surface area contributed by atoms with Gasteiger partial charge in [-0.15, -0.1) is 0 Å². The maximum Gasteiger partial charge on any atom is 0.00108 e. The second-order valence-corrected chi connectivity index (χ2v) is 5.89. The SMILES string of the molecule is CCCC1(C(C)(C)c2ccccc2)C=CC=CC1. The average molecular weight is 240 g/mol. The zero-order chi connectivity index (χ0) is 13.1. The van der Waals surface area contributed by atoms with Crippen molar-refractivity contribution in [3.63, 3.8) is 0 Å². The largest absolute Gasteiger partial charge is 0.0837 e. The molecular weight excluding hydrogens is 216 g/mol. The molecule has 1 aliphatic carbocycles. The Kier molecular flexibility index (Phi) is 3.75. The van der Waals surface area contributed by atoms with Gasteiger partial charge in [-0.3, -0.25) is 0 Å². The third-order valence-electron chi connectivity index (χ3n) is 4.58. The van der Waals surface area contributed by atoms with E-state index in [4.69, 9.17) is 0 Å². The smallest absolute Gasteiger partial charge is 0.00108 e. The fraction of sp³-hybridized carbons (Fsp3) is 0.444. The van der Waals surface area contributed by atoms with Gasteiger partial charge < -0.3 is 0 Å². The van der Waals surface area contributed by atoms with Crippen LogP contribution in [0, 0.1) is 5.41 Å². The molecule has 0 saturated heterocycles. The number of rotatable bonds is 4. The summed E-state index contributed by atoms with van der Waals surface area (Å²) in [7, 11) is 0. The number of hydrogen-bond donors (Lipinski definition) is 0. The lowest BCUT2D eigenvalue weighted by Crippen LogP contribution is -2.40. The van der Waals surface area contributed by atoms with Gasteiger partial charge in [0.05, 0.1) is 0 Å². The lowest BCUT2D eigenvalue weighted by Gasteiger charge is -2.46. The van der Waals surface area contributed by atoms with E-state index < -0.39 is 0 Å². The minimum absolute atomic E-state index is 0.172. The average Bonchev–Trinajstić information content (AvgIpc) is 2.41. The highest BCUT2D eigenvalue weighted by Gasteiger charge is 2.42. The van der Waals surface area contributed by atoms with E-state index in [1.165, 1.54) is 18.4 Å². The summed E-state index contributed by atoms with van der Waals surface area (Å²) in [5.41, 5.74) is 1.88. The van der Waals surface area contributed by atoms with E-state index in [0.29, 0.717) is 0 Å². The van der Waals surface area contributed by atoms with Gasteiger partial charge >= 0.3 is 0 Å². The van der Waals surface area contributed by atoms with Crippen molar-refractivity contribution in [1.82, 2.24) is 0 Å². The van der Waals surface area contributed by atoms with Crippen LogP contribution < -0.4 is 0 Å². The monoisotopic (exact) mass is 240 g/mol. The van der Waals surface area contributed by atoms with E-state index in [2.05, 4.69) is 75.4 Å². The van der Waals surface area contributed by atoms with Crippen LogP contribution in [0.5, 0.6) is 0 Å². The Hall–Kier alpha value is -1.30. The molecule has 0 amide bonds. The number of benzene rings is 1. The fourth-order valence-corrected chi connectivity index (χ4v) is 3.21. The number of allylic oxidation sites excluding steroid dienone is 4. The highest BCUT2D eigenvalue weighted by Crippen LogP contribution is 2.50. The van der Waals surface area contributed by atoms with E-state index in [1.807, 2.05) is 0 Å². The molecule has 0 spiro atoms. The zero-order valence-electron chi connectivity index (χ0n) is 11.8. The molecular formula is C18H24. The maximum atomic E-state index is 2.43. The van der Waals surface area contributed by atoms with Gasteiger partial charge in [0.2, 0.25) is 0 Å². The Bertz CT molecular complexity index is 436. The van der Waals surface area contributed by atoms with E-state index >= 15 is 0 Å². The molecule has 0 aliphatic heterocycles. The molecule has 0 aromatic heterocycles. The molecule has 0 N–H and O–H groups in total. The quantitative estimate of drug-likeness (QED) is 0.673. The van der Waals surface area contributed by atoms with Crippen molar-refractivity contribution < 1.29 is 0 Å². The topological polar surface area (TPSA) is 0 Å². The van der Waals surface area contributed by atoms with Gasteiger partial charge in [-0.05, 0) is 23.8 Å². The Balaban J connectivity index is 2.42. The summed E-state index contributed by atoms with van der Waals surface area (Å²) in [5, 5.41) is 0. The minimum Gasteiger partial charge on any atom is -0.0837 e. The first kappa shape index (κ1) is 13.1. The Labute approximate surface area is 111 Å². The predicted molar refractivity (Wildman–Crippen MR) is 79.7 cm³/mol. The fourth-order valence-electron chi connectivity index (χ4n) is 3.21. The molecule has 18 heavy (non-hydrogen) atoms. The van der Waals surface area contributed by atoms with Crippen LogP contribution in [-0.4, -0.2) is 0 Å². The van der Waals surface area contributed by atoms with Crippen LogP contribution in [0.1, 0.15) is 45.6 Å². The van der Waals surface area contributed by atoms with Crippen molar-refractivity contribution in [2.75, 3.05) is 0 Å². The number of hydrogen-bond acceptors (Lipinski definition) is 0. The summed E-state index contributed by atoms with van der Waals surface area (Å²) in [4.78, 5) is 0. The lowest BCUT2D eigenvalue weighted by atomic mass is 9.57. The normalized spacial score (nSPS) is 23.3. The molecule has 96 valence electrons. The summed E-state index contributed by atoms with van der Waals surface area (Å²) >= 11 is 0. The molecule has 1 aliphatic rings. The van der Waals surface area contributed by atoms with Gasteiger partial charge in [0, 0.05) is 5.41 Å². The van der Waals surface area contributed by atoms with Crippen molar-refractivity contribution in [2.45, 2.75) is 45.4 Å². The molecule has 1 unspecified atom stereocenters. The van der Waals surface area contributed by atoms with Crippen molar-refractivity contribution >= 4 is 0 Å². The summed E-state index contributed by atoms with van der Waals surface area (Å²) < 4.78 is 0. The summed E-state index contributed by atoms with van der Waals surface area (Å²) in [6, 6.07) is 10.9. The van der Waals surface area contributed by atoms with Gasteiger partial charge in [-0.1, -0.05) is 81.8 Å². The van der Waals surface area contributed by atoms with Gasteiger partial charge in [0.1, 0.15) is 0 Å². The molecule has 0 fully saturated rings. The second kappa shape index (κ2) is 5.14. The molecule has 0 heterocycles. The molecule has 1 atom stereocenters. The lowest BCUT2D eigenvalue weighted by molar-refractivity contribution is 0.193. The highest BCUT2D eigenvalue weighted by atomic mass is 14.5. The molecule has 0 bridgehead atoms. The van der Waals surface area contributed by atoms with Crippen molar-refractivity contribution in [1.29, 1.82) is 0 Å². The summed E-state index contributed by atoms with van der Waals surface area (Å²) in [5.74, 6) is 0. The minimum atomic E-state index is 0.172. The maximum absolute atomic E-state index is 2.43. The van der Waals surface area contributed by atoms with Crippen molar-refractivity contribution in [3.05, 3.63) is 60.2 Å². The van der Waals surface area contributed by atoms with Crippen LogP contribution in [-0.2, 0) is 5.41 Å². The standard InChI is InChI=1S/C18H24/c1-4-13-18(14-9-6-10-15-18)17(2,3)16-11-7-5-8-12-16/h5-12,14H,4,13,15H2,1-3H3. The molecule has 0 radical (unpaired) electrons. The van der Waals surface area contributed by atoms with E-state index in [0.717, 1.165) is 6.42 Å². The third-order valence-corrected chi connectivity index (χ3v) is 4.58. The summed E-state index contributed by atoms with van der Waals surface area (Å²) in [6.45, 7) is 7.07. The van der Waals surface area contributed by atoms with Crippen LogP contribution in [0.3, 0.4) is 0 Å². The van der Waals surface area contributed by atoms with Crippen molar-refractivity contribution in [3.8, 4) is 0 Å². The van der Waals surface area contributed by atoms with E-state index in [9.17, 15) is 0 Å². The van der Waals surface area contributed by atoms with Crippen molar-refractivity contribution in [2.24, 2.45) is 5.41 Å². The Morgan fingerprint density at radius 2 is 1.83 bits per heavy atom. The Morgan fingerprint density at radius 1 is 1.11 bits per heavy atom. The van der Waals surface area contributed by atoms with E-state index in [-0.39, 0.29) is 10.8 Å². The van der Waals surface area contributed by atoms with Crippen LogP contribution in [0.4, 0.5) is 0 Å². The first-order valence-corrected chi connectivity index (χ1v) is 7.02. The zero-order valence-corrected chi connectivity index (χ0v) is 11.8. The van der Waals surface area contributed by atoms with Gasteiger partial charge in [-0.2, -0.15) is 0 Å². The third kappa shape index (κ3) is 2.16. The van der Waals surface area contributed by atoms with Gasteiger partial charge in [0.25, 0.3) is 0 Å². The molecule has 0 saturated carbocycles. The van der Waals surface area contributed by atoms with Crippen LogP contribution in [0.25, 0.3) is 0 Å². The Morgan fingerprint density at radius 3 is 2.39 bits per heavy atom. The van der Waals surface area contributed by atoms with Gasteiger partial charge in [-0.25, -0.2) is 0 Å². The first-order valence-electron chi connectivity index (χ1n) is 7.02. The molecule has 1 aromatic carbocycles. The van der Waals surface area contributed by atoms with Crippen LogP contribution in [0.15, 0.2) is 54.6 Å². The highest BCUT2D eigenvalue weighted by molar-refractivity contribution is 5.32. The van der Waals surface area contributed by atoms with Crippen LogP contribution >= 0.6 is 0 Å². The molecule has 1 aromatic rings. The molecule has 2 rings (SSSR count). The first-order chi connectivity index (χ1) is 8.62. The second-order valence-electron chi connectivity index (χ2n) is 5.89. The van der Waals surface area contributed by atoms with Gasteiger partial charge in [0.15, 0.2) is 0 Å². The summed E-state index contributed by atoms with van der Waals surface area (Å²) in [6.07, 6.45) is 12.8. The van der Waals surface area contributed by atoms with Crippen LogP contribution in [0.2, 0.25) is 0 Å². The molecule has 0 heteroatoms. The van der Waals surface area contributed by atoms with E-state index in [1.54, 1.807) is 0 Å². The molecule has 0 nitrogen and oxygen atoms in total.